The molecule has 4 N–H and O–H groups in total. The minimum absolute atomic E-state index is 0.267. The first-order chi connectivity index (χ1) is 8.40. The number of rotatable bonds is 3. The van der Waals surface area contributed by atoms with Crippen molar-refractivity contribution in [2.45, 2.75) is 19.9 Å². The Morgan fingerprint density at radius 2 is 2.28 bits per heavy atom. The van der Waals surface area contributed by atoms with Crippen LogP contribution in [0.1, 0.15) is 18.9 Å². The van der Waals surface area contributed by atoms with E-state index in [4.69, 9.17) is 11.5 Å². The zero-order valence-electron chi connectivity index (χ0n) is 10.4. The highest BCUT2D eigenvalue weighted by atomic mass is 19.1. The number of primary amides is 1. The molecule has 98 valence electrons. The summed E-state index contributed by atoms with van der Waals surface area (Å²) in [7, 11) is 0. The number of hydrogen-bond acceptors (Lipinski definition) is 3. The van der Waals surface area contributed by atoms with Gasteiger partial charge in [-0.2, -0.15) is 0 Å². The molecule has 0 aliphatic carbocycles. The summed E-state index contributed by atoms with van der Waals surface area (Å²) < 4.78 is 12.9. The number of carbonyl (C=O) groups excluding carboxylic acids is 1. The maximum Gasteiger partial charge on any atom is 0.224 e. The number of amides is 1. The number of hydrogen-bond donors (Lipinski definition) is 2. The minimum Gasteiger partial charge on any atom is -0.398 e. The van der Waals surface area contributed by atoms with Crippen molar-refractivity contribution in [3.05, 3.63) is 29.6 Å². The minimum atomic E-state index is -0.463. The van der Waals surface area contributed by atoms with Crippen molar-refractivity contribution in [2.24, 2.45) is 11.1 Å². The molecule has 1 aromatic carbocycles. The van der Waals surface area contributed by atoms with E-state index in [2.05, 4.69) is 4.90 Å². The van der Waals surface area contributed by atoms with Crippen molar-refractivity contribution in [2.75, 3.05) is 18.8 Å². The molecule has 1 unspecified atom stereocenters. The van der Waals surface area contributed by atoms with Gasteiger partial charge in [-0.3, -0.25) is 9.69 Å². The highest BCUT2D eigenvalue weighted by molar-refractivity contribution is 5.81. The van der Waals surface area contributed by atoms with Crippen LogP contribution in [-0.4, -0.2) is 23.9 Å². The van der Waals surface area contributed by atoms with Crippen molar-refractivity contribution in [3.63, 3.8) is 0 Å². The average molecular weight is 251 g/mol. The number of carbonyl (C=O) groups is 1. The van der Waals surface area contributed by atoms with Crippen LogP contribution in [0.15, 0.2) is 18.2 Å². The second-order valence-corrected chi connectivity index (χ2v) is 5.23. The van der Waals surface area contributed by atoms with Crippen LogP contribution in [0.5, 0.6) is 0 Å². The van der Waals surface area contributed by atoms with Crippen molar-refractivity contribution in [1.82, 2.24) is 4.90 Å². The van der Waals surface area contributed by atoms with Gasteiger partial charge in [-0.1, -0.05) is 6.07 Å². The van der Waals surface area contributed by atoms with Gasteiger partial charge in [0.25, 0.3) is 0 Å². The fourth-order valence-corrected chi connectivity index (χ4v) is 2.34. The van der Waals surface area contributed by atoms with Gasteiger partial charge in [-0.15, -0.1) is 0 Å². The highest BCUT2D eigenvalue weighted by Crippen LogP contribution is 2.31. The Bertz CT molecular complexity index is 477. The van der Waals surface area contributed by atoms with Crippen molar-refractivity contribution < 1.29 is 9.18 Å². The normalized spacial score (nSPS) is 24.3. The molecule has 0 radical (unpaired) electrons. The summed E-state index contributed by atoms with van der Waals surface area (Å²) in [5, 5.41) is 0. The molecule has 0 spiro atoms. The van der Waals surface area contributed by atoms with E-state index in [-0.39, 0.29) is 11.7 Å². The lowest BCUT2D eigenvalue weighted by Crippen LogP contribution is -2.37. The van der Waals surface area contributed by atoms with Crippen LogP contribution in [0.4, 0.5) is 10.1 Å². The van der Waals surface area contributed by atoms with Crippen LogP contribution < -0.4 is 11.5 Å². The largest absolute Gasteiger partial charge is 0.398 e. The summed E-state index contributed by atoms with van der Waals surface area (Å²) in [5.74, 6) is -0.600. The molecule has 1 atom stereocenters. The van der Waals surface area contributed by atoms with E-state index < -0.39 is 5.41 Å². The van der Waals surface area contributed by atoms with Gasteiger partial charge in [0.15, 0.2) is 0 Å². The maximum atomic E-state index is 12.9. The van der Waals surface area contributed by atoms with Crippen LogP contribution in [0, 0.1) is 11.2 Å². The summed E-state index contributed by atoms with van der Waals surface area (Å²) in [6, 6.07) is 4.40. The Balaban J connectivity index is 2.06. The topological polar surface area (TPSA) is 72.4 Å². The molecule has 1 aliphatic heterocycles. The fraction of sp³-hybridized carbons (Fsp3) is 0.462. The molecule has 5 heteroatoms. The quantitative estimate of drug-likeness (QED) is 0.790. The second kappa shape index (κ2) is 4.57. The van der Waals surface area contributed by atoms with Gasteiger partial charge in [0.1, 0.15) is 5.82 Å². The number of nitrogen functional groups attached to an aromatic ring is 1. The summed E-state index contributed by atoms with van der Waals surface area (Å²) in [4.78, 5) is 13.5. The van der Waals surface area contributed by atoms with Crippen molar-refractivity contribution in [3.8, 4) is 0 Å². The molecule has 0 bridgehead atoms. The molecule has 18 heavy (non-hydrogen) atoms. The van der Waals surface area contributed by atoms with Crippen LogP contribution >= 0.6 is 0 Å². The number of anilines is 1. The van der Waals surface area contributed by atoms with Crippen LogP contribution in [-0.2, 0) is 11.3 Å². The summed E-state index contributed by atoms with van der Waals surface area (Å²) >= 11 is 0. The Labute approximate surface area is 106 Å². The molecule has 1 aliphatic rings. The Morgan fingerprint density at radius 3 is 2.83 bits per heavy atom. The van der Waals surface area contributed by atoms with Gasteiger partial charge in [0.05, 0.1) is 5.41 Å². The van der Waals surface area contributed by atoms with Crippen molar-refractivity contribution >= 4 is 11.6 Å². The molecule has 1 amide bonds. The number of nitrogens with zero attached hydrogens (tertiary/aromatic N) is 1. The standard InChI is InChI=1S/C13H18FN3O/c1-13(12(16)18)4-5-17(8-13)7-9-2-3-10(14)6-11(9)15/h2-3,6H,4-5,7-8,15H2,1H3,(H2,16,18). The van der Waals surface area contributed by atoms with E-state index >= 15 is 0 Å². The summed E-state index contributed by atoms with van der Waals surface area (Å²) in [5.41, 5.74) is 12.0. The van der Waals surface area contributed by atoms with E-state index in [1.54, 1.807) is 6.07 Å². The molecule has 1 saturated heterocycles. The third-order valence-corrected chi connectivity index (χ3v) is 3.65. The monoisotopic (exact) mass is 251 g/mol. The lowest BCUT2D eigenvalue weighted by Gasteiger charge is -2.21. The fourth-order valence-electron chi connectivity index (χ4n) is 2.34. The number of benzene rings is 1. The zero-order chi connectivity index (χ0) is 13.3. The molecule has 0 aromatic heterocycles. The van der Waals surface area contributed by atoms with Crippen LogP contribution in [0.3, 0.4) is 0 Å². The summed E-state index contributed by atoms with van der Waals surface area (Å²) in [6.45, 7) is 3.92. The second-order valence-electron chi connectivity index (χ2n) is 5.23. The Morgan fingerprint density at radius 1 is 1.56 bits per heavy atom. The Kier molecular flexibility index (Phi) is 3.26. The first-order valence-electron chi connectivity index (χ1n) is 5.97. The van der Waals surface area contributed by atoms with E-state index in [0.717, 1.165) is 18.5 Å². The predicted octanol–water partition coefficient (Wildman–Crippen LogP) is 1.11. The van der Waals surface area contributed by atoms with Crippen LogP contribution in [0.25, 0.3) is 0 Å². The smallest absolute Gasteiger partial charge is 0.224 e. The Hall–Kier alpha value is -1.62. The average Bonchev–Trinajstić information content (AvgIpc) is 2.66. The van der Waals surface area contributed by atoms with E-state index in [0.29, 0.717) is 18.8 Å². The van der Waals surface area contributed by atoms with Gasteiger partial charge in [-0.25, -0.2) is 4.39 Å². The third kappa shape index (κ3) is 2.46. The summed E-state index contributed by atoms with van der Waals surface area (Å²) in [6.07, 6.45) is 0.753. The number of nitrogens with two attached hydrogens (primary N) is 2. The van der Waals surface area contributed by atoms with Gasteiger partial charge >= 0.3 is 0 Å². The number of likely N-dealkylation sites (tertiary alicyclic amines) is 1. The highest BCUT2D eigenvalue weighted by Gasteiger charge is 2.38. The molecule has 1 fully saturated rings. The predicted molar refractivity (Wildman–Crippen MR) is 68.0 cm³/mol. The van der Waals surface area contributed by atoms with Gasteiger partial charge in [-0.05, 0) is 37.6 Å². The third-order valence-electron chi connectivity index (χ3n) is 3.65. The first kappa shape index (κ1) is 12.8. The van der Waals surface area contributed by atoms with Crippen LogP contribution in [0.2, 0.25) is 0 Å². The molecule has 0 saturated carbocycles. The SMILES string of the molecule is CC1(C(N)=O)CCN(Cc2ccc(F)cc2N)C1. The zero-order valence-corrected chi connectivity index (χ0v) is 10.4. The molecule has 2 rings (SSSR count). The maximum absolute atomic E-state index is 12.9. The molecular weight excluding hydrogens is 233 g/mol. The molecule has 4 nitrogen and oxygen atoms in total. The van der Waals surface area contributed by atoms with Gasteiger partial charge < -0.3 is 11.5 Å². The van der Waals surface area contributed by atoms with Crippen molar-refractivity contribution in [1.29, 1.82) is 0 Å². The van der Waals surface area contributed by atoms with E-state index in [9.17, 15) is 9.18 Å². The van der Waals surface area contributed by atoms with E-state index in [1.807, 2.05) is 6.92 Å². The molecule has 1 aromatic rings. The van der Waals surface area contributed by atoms with E-state index in [1.165, 1.54) is 12.1 Å². The number of halogens is 1. The van der Waals surface area contributed by atoms with Gasteiger partial charge in [0, 0.05) is 18.8 Å². The molecule has 1 heterocycles. The first-order valence-corrected chi connectivity index (χ1v) is 5.97. The molecular formula is C13H18FN3O. The van der Waals surface area contributed by atoms with Gasteiger partial charge in [0.2, 0.25) is 5.91 Å². The lowest BCUT2D eigenvalue weighted by molar-refractivity contribution is -0.126. The lowest BCUT2D eigenvalue weighted by atomic mass is 9.89.